The summed E-state index contributed by atoms with van der Waals surface area (Å²) in [5.41, 5.74) is 8.89. The first kappa shape index (κ1) is 13.9. The van der Waals surface area contributed by atoms with Crippen molar-refractivity contribution in [2.45, 2.75) is 6.92 Å². The Labute approximate surface area is 118 Å². The number of nitrogens with two attached hydrogens (primary N) is 1. The van der Waals surface area contributed by atoms with Crippen molar-refractivity contribution in [3.05, 3.63) is 64.7 Å². The third-order valence-corrected chi connectivity index (χ3v) is 3.05. The van der Waals surface area contributed by atoms with Crippen LogP contribution < -0.4 is 10.5 Å². The molecule has 20 heavy (non-hydrogen) atoms. The van der Waals surface area contributed by atoms with Gasteiger partial charge in [-0.15, -0.1) is 0 Å². The largest absolute Gasteiger partial charge is 0.496 e. The number of hydrogen-bond acceptors (Lipinski definition) is 2. The predicted octanol–water partition coefficient (Wildman–Crippen LogP) is 3.27. The van der Waals surface area contributed by atoms with Gasteiger partial charge in [-0.2, -0.15) is 0 Å². The molecule has 0 bridgehead atoms. The number of ether oxygens (including phenoxy) is 1. The summed E-state index contributed by atoms with van der Waals surface area (Å²) in [5.74, 6) is 0.260. The van der Waals surface area contributed by atoms with E-state index in [1.54, 1.807) is 25.3 Å². The Balaban J connectivity index is 2.33. The third-order valence-electron chi connectivity index (χ3n) is 3.05. The van der Waals surface area contributed by atoms with Gasteiger partial charge < -0.3 is 10.5 Å². The molecule has 0 aromatic heterocycles. The highest BCUT2D eigenvalue weighted by Crippen LogP contribution is 2.22. The fourth-order valence-electron chi connectivity index (χ4n) is 1.88. The smallest absolute Gasteiger partial charge is 0.248 e. The number of rotatable bonds is 4. The van der Waals surface area contributed by atoms with Crippen molar-refractivity contribution < 1.29 is 9.53 Å². The molecule has 0 fully saturated rings. The van der Waals surface area contributed by atoms with Crippen LogP contribution in [-0.4, -0.2) is 13.0 Å². The van der Waals surface area contributed by atoms with E-state index in [0.29, 0.717) is 11.3 Å². The number of primary amides is 1. The highest BCUT2D eigenvalue weighted by atomic mass is 16.5. The van der Waals surface area contributed by atoms with Gasteiger partial charge in [0, 0.05) is 11.1 Å². The van der Waals surface area contributed by atoms with Crippen LogP contribution in [0.3, 0.4) is 0 Å². The molecule has 0 saturated carbocycles. The van der Waals surface area contributed by atoms with Crippen molar-refractivity contribution in [3.8, 4) is 5.75 Å². The van der Waals surface area contributed by atoms with Crippen LogP contribution in [0.1, 0.15) is 27.0 Å². The Morgan fingerprint density at radius 3 is 2.40 bits per heavy atom. The zero-order valence-corrected chi connectivity index (χ0v) is 11.6. The summed E-state index contributed by atoms with van der Waals surface area (Å²) >= 11 is 0. The Morgan fingerprint density at radius 2 is 1.80 bits per heavy atom. The molecular formula is C17H17NO2. The molecule has 2 aromatic carbocycles. The van der Waals surface area contributed by atoms with Gasteiger partial charge >= 0.3 is 0 Å². The van der Waals surface area contributed by atoms with Gasteiger partial charge in [-0.1, -0.05) is 42.0 Å². The second-order valence-corrected chi connectivity index (χ2v) is 4.56. The van der Waals surface area contributed by atoms with E-state index >= 15 is 0 Å². The fraction of sp³-hybridized carbons (Fsp3) is 0.118. The number of carbonyl (C=O) groups excluding carboxylic acids is 1. The monoisotopic (exact) mass is 267 g/mol. The van der Waals surface area contributed by atoms with Crippen molar-refractivity contribution in [1.29, 1.82) is 0 Å². The van der Waals surface area contributed by atoms with Crippen LogP contribution in [0.2, 0.25) is 0 Å². The van der Waals surface area contributed by atoms with E-state index in [9.17, 15) is 4.79 Å². The number of benzene rings is 2. The van der Waals surface area contributed by atoms with Gasteiger partial charge in [-0.05, 0) is 30.7 Å². The maximum Gasteiger partial charge on any atom is 0.248 e. The van der Waals surface area contributed by atoms with Crippen LogP contribution in [0.4, 0.5) is 0 Å². The highest BCUT2D eigenvalue weighted by molar-refractivity contribution is 5.94. The minimum absolute atomic E-state index is 0.447. The Morgan fingerprint density at radius 1 is 1.10 bits per heavy atom. The number of aryl methyl sites for hydroxylation is 1. The van der Waals surface area contributed by atoms with Gasteiger partial charge in [0.05, 0.1) is 7.11 Å². The normalized spacial score (nSPS) is 10.7. The molecule has 0 atom stereocenters. The number of hydrogen-bond donors (Lipinski definition) is 1. The van der Waals surface area contributed by atoms with Crippen molar-refractivity contribution in [2.75, 3.05) is 7.11 Å². The van der Waals surface area contributed by atoms with Gasteiger partial charge in [-0.3, -0.25) is 4.79 Å². The molecule has 0 aliphatic carbocycles. The molecule has 0 unspecified atom stereocenters. The van der Waals surface area contributed by atoms with Crippen molar-refractivity contribution in [3.63, 3.8) is 0 Å². The predicted molar refractivity (Wildman–Crippen MR) is 81.6 cm³/mol. The lowest BCUT2D eigenvalue weighted by Crippen LogP contribution is -2.10. The molecule has 0 saturated heterocycles. The summed E-state index contributed by atoms with van der Waals surface area (Å²) in [6, 6.07) is 13.3. The van der Waals surface area contributed by atoms with Crippen LogP contribution in [0.15, 0.2) is 42.5 Å². The summed E-state index contributed by atoms with van der Waals surface area (Å²) in [7, 11) is 1.60. The molecule has 2 N–H and O–H groups in total. The average molecular weight is 267 g/mol. The number of amides is 1. The second kappa shape index (κ2) is 6.06. The lowest BCUT2D eigenvalue weighted by atomic mass is 10.1. The van der Waals surface area contributed by atoms with Gasteiger partial charge in [0.25, 0.3) is 0 Å². The Kier molecular flexibility index (Phi) is 4.20. The fourth-order valence-corrected chi connectivity index (χ4v) is 1.88. The summed E-state index contributed by atoms with van der Waals surface area (Å²) in [4.78, 5) is 11.2. The van der Waals surface area contributed by atoms with Crippen LogP contribution in [-0.2, 0) is 0 Å². The van der Waals surface area contributed by atoms with Crippen LogP contribution in [0, 0.1) is 6.92 Å². The first-order chi connectivity index (χ1) is 9.60. The van der Waals surface area contributed by atoms with Gasteiger partial charge in [0.15, 0.2) is 0 Å². The number of methoxy groups -OCH3 is 1. The molecule has 3 nitrogen and oxygen atoms in total. The standard InChI is InChI=1S/C17H17NO2/c1-12-3-5-13(6-4-12)7-8-14-11-15(17(18)19)9-10-16(14)20-2/h3-11H,1-2H3,(H2,18,19)/b8-7+. The molecule has 2 rings (SSSR count). The Hall–Kier alpha value is -2.55. The highest BCUT2D eigenvalue weighted by Gasteiger charge is 2.05. The summed E-state index contributed by atoms with van der Waals surface area (Å²) in [5, 5.41) is 0. The molecule has 0 spiro atoms. The van der Waals surface area contributed by atoms with E-state index in [0.717, 1.165) is 11.1 Å². The average Bonchev–Trinajstić information content (AvgIpc) is 2.46. The molecule has 0 aliphatic heterocycles. The quantitative estimate of drug-likeness (QED) is 0.864. The van der Waals surface area contributed by atoms with Crippen molar-refractivity contribution in [2.24, 2.45) is 5.73 Å². The van der Waals surface area contributed by atoms with E-state index in [1.807, 2.05) is 31.2 Å². The lowest BCUT2D eigenvalue weighted by Gasteiger charge is -2.06. The van der Waals surface area contributed by atoms with Gasteiger partial charge in [0.1, 0.15) is 5.75 Å². The van der Waals surface area contributed by atoms with Crippen LogP contribution >= 0.6 is 0 Å². The van der Waals surface area contributed by atoms with Crippen molar-refractivity contribution >= 4 is 18.1 Å². The first-order valence-corrected chi connectivity index (χ1v) is 6.33. The van der Waals surface area contributed by atoms with E-state index in [4.69, 9.17) is 10.5 Å². The Bertz CT molecular complexity index is 643. The zero-order chi connectivity index (χ0) is 14.5. The van der Waals surface area contributed by atoms with Gasteiger partial charge in [0.2, 0.25) is 5.91 Å². The van der Waals surface area contributed by atoms with E-state index in [-0.39, 0.29) is 0 Å². The minimum atomic E-state index is -0.447. The van der Waals surface area contributed by atoms with E-state index in [2.05, 4.69) is 12.1 Å². The number of carbonyl (C=O) groups is 1. The minimum Gasteiger partial charge on any atom is -0.496 e. The molecular weight excluding hydrogens is 250 g/mol. The molecule has 0 heterocycles. The molecule has 0 aliphatic rings. The molecule has 0 radical (unpaired) electrons. The maximum absolute atomic E-state index is 11.2. The summed E-state index contributed by atoms with van der Waals surface area (Å²) in [6.07, 6.45) is 3.89. The topological polar surface area (TPSA) is 52.3 Å². The molecule has 2 aromatic rings. The maximum atomic E-state index is 11.2. The molecule has 1 amide bonds. The zero-order valence-electron chi connectivity index (χ0n) is 11.6. The third kappa shape index (κ3) is 3.26. The first-order valence-electron chi connectivity index (χ1n) is 6.33. The summed E-state index contributed by atoms with van der Waals surface area (Å²) < 4.78 is 5.28. The van der Waals surface area contributed by atoms with E-state index < -0.39 is 5.91 Å². The molecule has 102 valence electrons. The SMILES string of the molecule is COc1ccc(C(N)=O)cc1/C=C/c1ccc(C)cc1. The van der Waals surface area contributed by atoms with Crippen LogP contribution in [0.25, 0.3) is 12.2 Å². The summed E-state index contributed by atoms with van der Waals surface area (Å²) in [6.45, 7) is 2.05. The lowest BCUT2D eigenvalue weighted by molar-refractivity contribution is 0.1000. The van der Waals surface area contributed by atoms with E-state index in [1.165, 1.54) is 5.56 Å². The molecule has 3 heteroatoms. The van der Waals surface area contributed by atoms with Crippen molar-refractivity contribution in [1.82, 2.24) is 0 Å². The van der Waals surface area contributed by atoms with Gasteiger partial charge in [-0.25, -0.2) is 0 Å². The second-order valence-electron chi connectivity index (χ2n) is 4.56. The van der Waals surface area contributed by atoms with Crippen LogP contribution in [0.5, 0.6) is 5.75 Å².